The lowest BCUT2D eigenvalue weighted by Crippen LogP contribution is -2.40. The summed E-state index contributed by atoms with van der Waals surface area (Å²) in [5.74, 6) is 0.527. The molecule has 4 aromatic carbocycles. The maximum atomic E-state index is 14.1. The molecule has 5 aromatic rings. The number of methoxy groups -OCH3 is 1. The van der Waals surface area contributed by atoms with Gasteiger partial charge in [-0.3, -0.25) is 14.2 Å². The Labute approximate surface area is 281 Å². The van der Waals surface area contributed by atoms with Gasteiger partial charge < -0.3 is 19.5 Å². The first-order chi connectivity index (χ1) is 23.3. The van der Waals surface area contributed by atoms with Gasteiger partial charge in [0, 0.05) is 5.69 Å². The summed E-state index contributed by atoms with van der Waals surface area (Å²) in [6.07, 6.45) is 1.80. The SMILES string of the molecule is CCOC(=O)c1ccc(COc2cccc(/C=c3\sc4n(c3=O)[C@H](c3cccc(OC)c3)C(C(=O)Nc3ccccc3)=C(C)N=4)c2)cc1. The summed E-state index contributed by atoms with van der Waals surface area (Å²) >= 11 is 1.26. The van der Waals surface area contributed by atoms with Crippen LogP contribution in [-0.4, -0.2) is 30.2 Å². The normalized spacial score (nSPS) is 14.1. The number of allylic oxidation sites excluding steroid dienone is 1. The standard InChI is InChI=1S/C38H33N3O6S/c1-4-46-37(44)27-18-16-25(17-19-27)23-47-31-15-8-10-26(20-31)21-32-36(43)41-34(28-11-9-14-30(22-28)45-3)33(24(2)39-38(41)48-32)35(42)40-29-12-6-5-7-13-29/h5-22,34H,4,23H2,1-3H3,(H,40,42)/b32-21-/t34-/m1/s1. The zero-order chi connectivity index (χ0) is 33.6. The Kier molecular flexibility index (Phi) is 9.63. The van der Waals surface area contributed by atoms with E-state index in [0.717, 1.165) is 16.7 Å². The molecule has 1 aromatic heterocycles. The van der Waals surface area contributed by atoms with E-state index < -0.39 is 6.04 Å². The van der Waals surface area contributed by atoms with Crippen molar-refractivity contribution in [2.45, 2.75) is 26.5 Å². The van der Waals surface area contributed by atoms with Crippen LogP contribution in [0.1, 0.15) is 46.9 Å². The first-order valence-electron chi connectivity index (χ1n) is 15.4. The zero-order valence-electron chi connectivity index (χ0n) is 26.6. The summed E-state index contributed by atoms with van der Waals surface area (Å²) < 4.78 is 18.6. The summed E-state index contributed by atoms with van der Waals surface area (Å²) in [6, 6.07) is 30.3. The number of carbonyl (C=O) groups excluding carboxylic acids is 2. The molecule has 9 nitrogen and oxygen atoms in total. The van der Waals surface area contributed by atoms with E-state index >= 15 is 0 Å². The van der Waals surface area contributed by atoms with Gasteiger partial charge in [-0.1, -0.05) is 65.9 Å². The van der Waals surface area contributed by atoms with E-state index in [0.29, 0.717) is 56.6 Å². The summed E-state index contributed by atoms with van der Waals surface area (Å²) in [6.45, 7) is 4.17. The number of aromatic nitrogens is 1. The van der Waals surface area contributed by atoms with Crippen molar-refractivity contribution in [3.05, 3.63) is 156 Å². The van der Waals surface area contributed by atoms with Crippen molar-refractivity contribution in [2.24, 2.45) is 4.99 Å². The Morgan fingerprint density at radius 3 is 2.44 bits per heavy atom. The first-order valence-corrected chi connectivity index (χ1v) is 16.2. The van der Waals surface area contributed by atoms with Crippen LogP contribution in [0.2, 0.25) is 0 Å². The number of benzene rings is 4. The monoisotopic (exact) mass is 659 g/mol. The van der Waals surface area contributed by atoms with Gasteiger partial charge in [0.05, 0.1) is 41.1 Å². The lowest BCUT2D eigenvalue weighted by atomic mass is 9.95. The third kappa shape index (κ3) is 6.98. The summed E-state index contributed by atoms with van der Waals surface area (Å²) in [5.41, 5.74) is 4.13. The number of hydrogen-bond donors (Lipinski definition) is 1. The van der Waals surface area contributed by atoms with E-state index in [9.17, 15) is 14.4 Å². The largest absolute Gasteiger partial charge is 0.497 e. The van der Waals surface area contributed by atoms with E-state index in [1.165, 1.54) is 11.3 Å². The number of hydrogen-bond acceptors (Lipinski definition) is 8. The highest BCUT2D eigenvalue weighted by Gasteiger charge is 2.32. The van der Waals surface area contributed by atoms with Gasteiger partial charge in [0.1, 0.15) is 18.1 Å². The molecule has 0 saturated carbocycles. The number of nitrogens with zero attached hydrogens (tertiary/aromatic N) is 2. The third-order valence-corrected chi connectivity index (χ3v) is 8.72. The average molecular weight is 660 g/mol. The number of para-hydroxylation sites is 1. The molecule has 0 saturated heterocycles. The van der Waals surface area contributed by atoms with Crippen LogP contribution in [-0.2, 0) is 16.1 Å². The van der Waals surface area contributed by atoms with Gasteiger partial charge in [-0.15, -0.1) is 0 Å². The second kappa shape index (κ2) is 14.4. The van der Waals surface area contributed by atoms with Crippen molar-refractivity contribution < 1.29 is 23.8 Å². The lowest BCUT2D eigenvalue weighted by molar-refractivity contribution is -0.113. The molecule has 0 fully saturated rings. The fourth-order valence-corrected chi connectivity index (χ4v) is 6.47. The van der Waals surface area contributed by atoms with Crippen LogP contribution in [0.5, 0.6) is 11.5 Å². The van der Waals surface area contributed by atoms with Crippen molar-refractivity contribution in [3.63, 3.8) is 0 Å². The molecular formula is C38H33N3O6S. The van der Waals surface area contributed by atoms with E-state index in [4.69, 9.17) is 19.2 Å². The Balaban J connectivity index is 1.32. The van der Waals surface area contributed by atoms with Gasteiger partial charge in [-0.25, -0.2) is 9.79 Å². The minimum absolute atomic E-state index is 0.267. The summed E-state index contributed by atoms with van der Waals surface area (Å²) in [5, 5.41) is 2.97. The lowest BCUT2D eigenvalue weighted by Gasteiger charge is -2.25. The fraction of sp³-hybridized carbons (Fsp3) is 0.158. The maximum Gasteiger partial charge on any atom is 0.338 e. The van der Waals surface area contributed by atoms with Gasteiger partial charge in [0.2, 0.25) is 0 Å². The number of nitrogens with one attached hydrogen (secondary N) is 1. The molecule has 48 heavy (non-hydrogen) atoms. The molecule has 0 radical (unpaired) electrons. The highest BCUT2D eigenvalue weighted by Crippen LogP contribution is 2.32. The van der Waals surface area contributed by atoms with E-state index in [1.54, 1.807) is 43.7 Å². The van der Waals surface area contributed by atoms with Crippen LogP contribution >= 0.6 is 11.3 Å². The number of ether oxygens (including phenoxy) is 3. The Morgan fingerprint density at radius 2 is 1.69 bits per heavy atom. The highest BCUT2D eigenvalue weighted by molar-refractivity contribution is 7.07. The maximum absolute atomic E-state index is 14.1. The molecule has 0 unspecified atom stereocenters. The Bertz CT molecular complexity index is 2190. The first kappa shape index (κ1) is 32.2. The molecule has 1 amide bonds. The van der Waals surface area contributed by atoms with Gasteiger partial charge in [-0.2, -0.15) is 0 Å². The van der Waals surface area contributed by atoms with Crippen LogP contribution < -0.4 is 29.7 Å². The molecule has 242 valence electrons. The molecule has 1 aliphatic rings. The molecule has 0 spiro atoms. The second-order valence-electron chi connectivity index (χ2n) is 11.0. The predicted octanol–water partition coefficient (Wildman–Crippen LogP) is 5.64. The molecule has 1 aliphatic heterocycles. The van der Waals surface area contributed by atoms with E-state index in [2.05, 4.69) is 5.32 Å². The number of thiazole rings is 1. The number of carbonyl (C=O) groups is 2. The highest BCUT2D eigenvalue weighted by atomic mass is 32.1. The minimum atomic E-state index is -0.730. The number of rotatable bonds is 10. The van der Waals surface area contributed by atoms with E-state index in [1.807, 2.05) is 91.0 Å². The van der Waals surface area contributed by atoms with Crippen LogP contribution in [0.25, 0.3) is 6.08 Å². The van der Waals surface area contributed by atoms with Crippen molar-refractivity contribution in [3.8, 4) is 11.5 Å². The van der Waals surface area contributed by atoms with Gasteiger partial charge >= 0.3 is 5.97 Å². The molecular weight excluding hydrogens is 626 g/mol. The molecule has 1 atom stereocenters. The van der Waals surface area contributed by atoms with Crippen molar-refractivity contribution in [1.29, 1.82) is 0 Å². The van der Waals surface area contributed by atoms with Crippen molar-refractivity contribution in [1.82, 2.24) is 4.57 Å². The zero-order valence-corrected chi connectivity index (χ0v) is 27.5. The molecule has 10 heteroatoms. The van der Waals surface area contributed by atoms with Crippen LogP contribution in [0.3, 0.4) is 0 Å². The fourth-order valence-electron chi connectivity index (χ4n) is 5.42. The predicted molar refractivity (Wildman–Crippen MR) is 185 cm³/mol. The molecule has 0 bridgehead atoms. The number of fused-ring (bicyclic) bond motifs is 1. The second-order valence-corrected chi connectivity index (χ2v) is 12.0. The van der Waals surface area contributed by atoms with E-state index in [-0.39, 0.29) is 17.4 Å². The van der Waals surface area contributed by atoms with Crippen LogP contribution in [0.4, 0.5) is 5.69 Å². The summed E-state index contributed by atoms with van der Waals surface area (Å²) in [4.78, 5) is 45.1. The van der Waals surface area contributed by atoms with Crippen molar-refractivity contribution >= 4 is 35.0 Å². The molecule has 6 rings (SSSR count). The molecule has 0 aliphatic carbocycles. The van der Waals surface area contributed by atoms with Gasteiger partial charge in [-0.05, 0) is 85.1 Å². The molecule has 2 heterocycles. The Morgan fingerprint density at radius 1 is 0.938 bits per heavy atom. The van der Waals surface area contributed by atoms with Gasteiger partial charge in [0.25, 0.3) is 11.5 Å². The third-order valence-electron chi connectivity index (χ3n) is 7.73. The van der Waals surface area contributed by atoms with Gasteiger partial charge in [0.15, 0.2) is 4.80 Å². The summed E-state index contributed by atoms with van der Waals surface area (Å²) in [7, 11) is 1.58. The number of amides is 1. The van der Waals surface area contributed by atoms with Crippen LogP contribution in [0, 0.1) is 0 Å². The minimum Gasteiger partial charge on any atom is -0.497 e. The molecule has 1 N–H and O–H groups in total. The van der Waals surface area contributed by atoms with Crippen LogP contribution in [0.15, 0.2) is 124 Å². The van der Waals surface area contributed by atoms with Crippen molar-refractivity contribution in [2.75, 3.05) is 19.0 Å². The quantitative estimate of drug-likeness (QED) is 0.195. The average Bonchev–Trinajstić information content (AvgIpc) is 3.41. The number of esters is 1. The topological polar surface area (TPSA) is 108 Å². The smallest absolute Gasteiger partial charge is 0.338 e. The number of anilines is 1. The Hall–Kier alpha value is -5.74.